The van der Waals surface area contributed by atoms with Crippen LogP contribution in [-0.2, 0) is 11.3 Å². The SMILES string of the molecule is CC(C)[C@@H](CC(=O)O)NC(=O)N(C)Cc1cscn1. The third-order valence-electron chi connectivity index (χ3n) is 2.74. The van der Waals surface area contributed by atoms with E-state index in [9.17, 15) is 9.59 Å². The van der Waals surface area contributed by atoms with Crippen molar-refractivity contribution in [3.8, 4) is 0 Å². The van der Waals surface area contributed by atoms with Crippen molar-refractivity contribution in [1.82, 2.24) is 15.2 Å². The summed E-state index contributed by atoms with van der Waals surface area (Å²) in [5.41, 5.74) is 2.53. The molecule has 2 N–H and O–H groups in total. The number of aliphatic carboxylic acids is 1. The quantitative estimate of drug-likeness (QED) is 0.834. The molecule has 0 saturated heterocycles. The molecule has 19 heavy (non-hydrogen) atoms. The van der Waals surface area contributed by atoms with Gasteiger partial charge in [-0.3, -0.25) is 4.79 Å². The van der Waals surface area contributed by atoms with Gasteiger partial charge in [0.15, 0.2) is 0 Å². The van der Waals surface area contributed by atoms with Crippen molar-refractivity contribution < 1.29 is 14.7 Å². The number of hydrogen-bond donors (Lipinski definition) is 2. The van der Waals surface area contributed by atoms with Crippen LogP contribution in [0.1, 0.15) is 26.0 Å². The maximum absolute atomic E-state index is 12.0. The van der Waals surface area contributed by atoms with Crippen LogP contribution in [-0.4, -0.2) is 40.1 Å². The molecular formula is C12H19N3O3S. The number of nitrogens with zero attached hydrogens (tertiary/aromatic N) is 2. The molecule has 1 aromatic heterocycles. The summed E-state index contributed by atoms with van der Waals surface area (Å²) >= 11 is 1.47. The zero-order valence-corrected chi connectivity index (χ0v) is 12.1. The van der Waals surface area contributed by atoms with Gasteiger partial charge in [-0.25, -0.2) is 9.78 Å². The minimum atomic E-state index is -0.916. The summed E-state index contributed by atoms with van der Waals surface area (Å²) < 4.78 is 0. The number of carbonyl (C=O) groups is 2. The first kappa shape index (κ1) is 15.4. The summed E-state index contributed by atoms with van der Waals surface area (Å²) in [5, 5.41) is 13.4. The van der Waals surface area contributed by atoms with Crippen molar-refractivity contribution in [3.05, 3.63) is 16.6 Å². The molecule has 0 radical (unpaired) electrons. The predicted molar refractivity (Wildman–Crippen MR) is 73.0 cm³/mol. The number of hydrogen-bond acceptors (Lipinski definition) is 4. The molecule has 0 unspecified atom stereocenters. The minimum Gasteiger partial charge on any atom is -0.481 e. The molecule has 0 fully saturated rings. The van der Waals surface area contributed by atoms with Crippen LogP contribution in [0.25, 0.3) is 0 Å². The van der Waals surface area contributed by atoms with Crippen LogP contribution in [0.15, 0.2) is 10.9 Å². The lowest BCUT2D eigenvalue weighted by atomic mass is 10.0. The standard InChI is InChI=1S/C12H19N3O3S/c1-8(2)10(4-11(16)17)14-12(18)15(3)5-9-6-19-7-13-9/h6-8,10H,4-5H2,1-3H3,(H,14,18)(H,16,17)/t10-/m1/s1. The van der Waals surface area contributed by atoms with Crippen molar-refractivity contribution in [3.63, 3.8) is 0 Å². The lowest BCUT2D eigenvalue weighted by Gasteiger charge is -2.24. The van der Waals surface area contributed by atoms with E-state index in [1.165, 1.54) is 16.2 Å². The van der Waals surface area contributed by atoms with Crippen molar-refractivity contribution >= 4 is 23.3 Å². The summed E-state index contributed by atoms with van der Waals surface area (Å²) in [6.07, 6.45) is -0.0754. The Bertz CT molecular complexity index is 420. The third kappa shape index (κ3) is 5.25. The summed E-state index contributed by atoms with van der Waals surface area (Å²) in [6, 6.07) is -0.657. The Morgan fingerprint density at radius 1 is 1.53 bits per heavy atom. The van der Waals surface area contributed by atoms with Crippen LogP contribution in [0, 0.1) is 5.92 Å². The largest absolute Gasteiger partial charge is 0.481 e. The molecule has 106 valence electrons. The first-order chi connectivity index (χ1) is 8.90. The molecule has 0 spiro atoms. The Kier molecular flexibility index (Phi) is 5.75. The lowest BCUT2D eigenvalue weighted by Crippen LogP contribution is -2.45. The maximum atomic E-state index is 12.0. The number of amides is 2. The van der Waals surface area contributed by atoms with Crippen molar-refractivity contribution in [2.75, 3.05) is 7.05 Å². The van der Waals surface area contributed by atoms with E-state index in [0.29, 0.717) is 6.54 Å². The molecule has 1 rings (SSSR count). The maximum Gasteiger partial charge on any atom is 0.317 e. The smallest absolute Gasteiger partial charge is 0.317 e. The van der Waals surface area contributed by atoms with Crippen molar-refractivity contribution in [1.29, 1.82) is 0 Å². The second kappa shape index (κ2) is 7.08. The molecular weight excluding hydrogens is 266 g/mol. The average molecular weight is 285 g/mol. The Morgan fingerprint density at radius 2 is 2.21 bits per heavy atom. The van der Waals surface area contributed by atoms with Crippen LogP contribution in [0.4, 0.5) is 4.79 Å². The van der Waals surface area contributed by atoms with Crippen LogP contribution in [0.3, 0.4) is 0 Å². The molecule has 0 bridgehead atoms. The van der Waals surface area contributed by atoms with Gasteiger partial charge >= 0.3 is 12.0 Å². The van der Waals surface area contributed by atoms with E-state index in [1.807, 2.05) is 19.2 Å². The fourth-order valence-corrected chi connectivity index (χ4v) is 2.09. The van der Waals surface area contributed by atoms with Gasteiger partial charge in [-0.15, -0.1) is 11.3 Å². The van der Waals surface area contributed by atoms with Crippen LogP contribution in [0.2, 0.25) is 0 Å². The monoisotopic (exact) mass is 285 g/mol. The summed E-state index contributed by atoms with van der Waals surface area (Å²) in [6.45, 7) is 4.18. The zero-order chi connectivity index (χ0) is 14.4. The van der Waals surface area contributed by atoms with Gasteiger partial charge in [0.25, 0.3) is 0 Å². The second-order valence-corrected chi connectivity index (χ2v) is 5.45. The highest BCUT2D eigenvalue weighted by Gasteiger charge is 2.21. The number of urea groups is 1. The van der Waals surface area contributed by atoms with Crippen LogP contribution < -0.4 is 5.32 Å². The molecule has 0 aromatic carbocycles. The molecule has 6 nitrogen and oxygen atoms in total. The first-order valence-corrected chi connectivity index (χ1v) is 6.95. The minimum absolute atomic E-state index is 0.0627. The first-order valence-electron chi connectivity index (χ1n) is 6.00. The Hall–Kier alpha value is -1.63. The van der Waals surface area contributed by atoms with E-state index >= 15 is 0 Å². The van der Waals surface area contributed by atoms with Crippen molar-refractivity contribution in [2.24, 2.45) is 5.92 Å². The fourth-order valence-electron chi connectivity index (χ4n) is 1.54. The highest BCUT2D eigenvalue weighted by Crippen LogP contribution is 2.08. The van der Waals surface area contributed by atoms with Gasteiger partial charge in [0.2, 0.25) is 0 Å². The summed E-state index contributed by atoms with van der Waals surface area (Å²) in [5.74, 6) is -0.853. The number of carbonyl (C=O) groups excluding carboxylic acids is 1. The van der Waals surface area contributed by atoms with E-state index in [0.717, 1.165) is 5.69 Å². The van der Waals surface area contributed by atoms with E-state index in [4.69, 9.17) is 5.11 Å². The van der Waals surface area contributed by atoms with Gasteiger partial charge in [-0.1, -0.05) is 13.8 Å². The number of thiazole rings is 1. The average Bonchev–Trinajstić information content (AvgIpc) is 2.79. The topological polar surface area (TPSA) is 82.5 Å². The third-order valence-corrected chi connectivity index (χ3v) is 3.37. The number of carboxylic acids is 1. The molecule has 1 atom stereocenters. The van der Waals surface area contributed by atoms with Gasteiger partial charge < -0.3 is 15.3 Å². The Labute approximate surface area is 116 Å². The highest BCUT2D eigenvalue weighted by atomic mass is 32.1. The molecule has 0 saturated carbocycles. The van der Waals surface area contributed by atoms with Gasteiger partial charge in [-0.05, 0) is 5.92 Å². The molecule has 2 amide bonds. The number of nitrogens with one attached hydrogen (secondary N) is 1. The van der Waals surface area contributed by atoms with Crippen LogP contribution in [0.5, 0.6) is 0 Å². The molecule has 0 aliphatic rings. The lowest BCUT2D eigenvalue weighted by molar-refractivity contribution is -0.137. The Balaban J connectivity index is 2.53. The van der Waals surface area contributed by atoms with Gasteiger partial charge in [-0.2, -0.15) is 0 Å². The number of rotatable bonds is 6. The summed E-state index contributed by atoms with van der Waals surface area (Å²) in [7, 11) is 1.66. The Morgan fingerprint density at radius 3 is 2.68 bits per heavy atom. The summed E-state index contributed by atoms with van der Waals surface area (Å²) in [4.78, 5) is 28.3. The highest BCUT2D eigenvalue weighted by molar-refractivity contribution is 7.07. The van der Waals surface area contributed by atoms with E-state index < -0.39 is 5.97 Å². The molecule has 1 aromatic rings. The van der Waals surface area contributed by atoms with E-state index in [1.54, 1.807) is 12.6 Å². The van der Waals surface area contributed by atoms with Gasteiger partial charge in [0.05, 0.1) is 24.2 Å². The molecule has 7 heteroatoms. The van der Waals surface area contributed by atoms with Gasteiger partial charge in [0.1, 0.15) is 0 Å². The zero-order valence-electron chi connectivity index (χ0n) is 11.3. The van der Waals surface area contributed by atoms with E-state index in [2.05, 4.69) is 10.3 Å². The molecule has 0 aliphatic heterocycles. The van der Waals surface area contributed by atoms with E-state index in [-0.39, 0.29) is 24.4 Å². The number of carboxylic acid groups (broad SMARTS) is 1. The predicted octanol–water partition coefficient (Wildman–Crippen LogP) is 1.78. The molecule has 1 heterocycles. The van der Waals surface area contributed by atoms with Crippen molar-refractivity contribution in [2.45, 2.75) is 32.9 Å². The molecule has 0 aliphatic carbocycles. The van der Waals surface area contributed by atoms with Crippen LogP contribution >= 0.6 is 11.3 Å². The second-order valence-electron chi connectivity index (χ2n) is 4.73. The fraction of sp³-hybridized carbons (Fsp3) is 0.583. The van der Waals surface area contributed by atoms with Gasteiger partial charge in [0, 0.05) is 18.5 Å². The number of aromatic nitrogens is 1. The normalized spacial score (nSPS) is 12.2.